The lowest BCUT2D eigenvalue weighted by atomic mass is 9.95. The monoisotopic (exact) mass is 650 g/mol. The van der Waals surface area contributed by atoms with Crippen LogP contribution in [-0.4, -0.2) is 18.2 Å². The first-order valence-electron chi connectivity index (χ1n) is 16.1. The maximum atomic E-state index is 11.1. The van der Waals surface area contributed by atoms with Crippen LogP contribution in [0.5, 0.6) is 5.75 Å². The summed E-state index contributed by atoms with van der Waals surface area (Å²) in [6, 6.07) is 55.0. The van der Waals surface area contributed by atoms with E-state index >= 15 is 0 Å². The van der Waals surface area contributed by atoms with Gasteiger partial charge in [-0.15, -0.1) is 0 Å². The van der Waals surface area contributed by atoms with Gasteiger partial charge >= 0.3 is 5.97 Å². The molecule has 0 aromatic heterocycles. The molecular formula is C45H34N2O3. The van der Waals surface area contributed by atoms with Gasteiger partial charge in [0.2, 0.25) is 0 Å². The van der Waals surface area contributed by atoms with E-state index in [0.717, 1.165) is 56.2 Å². The minimum Gasteiger partial charge on any atom is -0.497 e. The Labute approximate surface area is 292 Å². The molecule has 0 spiro atoms. The molecule has 0 radical (unpaired) electrons. The summed E-state index contributed by atoms with van der Waals surface area (Å²) in [5.74, 6) is -0.448. The molecule has 6 aromatic rings. The van der Waals surface area contributed by atoms with Crippen molar-refractivity contribution in [1.29, 1.82) is 5.26 Å². The van der Waals surface area contributed by atoms with E-state index in [0.29, 0.717) is 5.56 Å². The lowest BCUT2D eigenvalue weighted by Crippen LogP contribution is -2.09. The molecule has 0 aliphatic carbocycles. The van der Waals surface area contributed by atoms with Crippen LogP contribution in [0.25, 0.3) is 29.9 Å². The van der Waals surface area contributed by atoms with Gasteiger partial charge in [0, 0.05) is 17.1 Å². The number of carboxylic acid groups (broad SMARTS) is 1. The van der Waals surface area contributed by atoms with Gasteiger partial charge in [-0.2, -0.15) is 5.26 Å². The van der Waals surface area contributed by atoms with Crippen molar-refractivity contribution in [1.82, 2.24) is 0 Å². The van der Waals surface area contributed by atoms with E-state index in [1.165, 1.54) is 6.08 Å². The fourth-order valence-electron chi connectivity index (χ4n) is 5.57. The Hall–Kier alpha value is -6.90. The van der Waals surface area contributed by atoms with Crippen LogP contribution in [0.3, 0.4) is 0 Å². The molecule has 0 aliphatic heterocycles. The zero-order valence-electron chi connectivity index (χ0n) is 27.5. The van der Waals surface area contributed by atoms with Crippen LogP contribution in [-0.2, 0) is 4.79 Å². The van der Waals surface area contributed by atoms with Crippen LogP contribution in [0, 0.1) is 11.3 Å². The number of carboxylic acids is 1. The number of hydrogen-bond acceptors (Lipinski definition) is 4. The van der Waals surface area contributed by atoms with Gasteiger partial charge in [-0.05, 0) is 99.6 Å². The van der Waals surface area contributed by atoms with Crippen LogP contribution >= 0.6 is 0 Å². The molecule has 0 heterocycles. The van der Waals surface area contributed by atoms with Crippen molar-refractivity contribution in [2.75, 3.05) is 12.0 Å². The van der Waals surface area contributed by atoms with E-state index in [4.69, 9.17) is 15.1 Å². The average molecular weight is 651 g/mol. The summed E-state index contributed by atoms with van der Waals surface area (Å²) in [6.45, 7) is 0. The standard InChI is InChI=1S/C45H34N2O3/c1-50-43-28-26-42(27-29-43)47(40-22-18-34(19-23-40)13-12-33-14-16-35(17-15-33)30-39(32-46)45(48)49)41-24-20-36(21-25-41)31-44(37-8-4-2-5-9-37)38-10-6-3-7-11-38/h2-31H,1H3,(H,48,49)/b13-12+,39-30+. The van der Waals surface area contributed by atoms with E-state index in [9.17, 15) is 4.79 Å². The molecule has 0 bridgehead atoms. The average Bonchev–Trinajstić information content (AvgIpc) is 3.17. The predicted molar refractivity (Wildman–Crippen MR) is 204 cm³/mol. The molecular weight excluding hydrogens is 617 g/mol. The van der Waals surface area contributed by atoms with Crippen LogP contribution in [0.15, 0.2) is 163 Å². The smallest absolute Gasteiger partial charge is 0.346 e. The van der Waals surface area contributed by atoms with Crippen molar-refractivity contribution >= 4 is 52.9 Å². The van der Waals surface area contributed by atoms with Crippen molar-refractivity contribution < 1.29 is 14.6 Å². The lowest BCUT2D eigenvalue weighted by molar-refractivity contribution is -0.132. The van der Waals surface area contributed by atoms with E-state index in [1.54, 1.807) is 25.3 Å². The second-order valence-corrected chi connectivity index (χ2v) is 11.5. The second-order valence-electron chi connectivity index (χ2n) is 11.5. The second kappa shape index (κ2) is 15.8. The Morgan fingerprint density at radius 1 is 0.580 bits per heavy atom. The van der Waals surface area contributed by atoms with Gasteiger partial charge in [-0.1, -0.05) is 121 Å². The van der Waals surface area contributed by atoms with Crippen molar-refractivity contribution in [3.8, 4) is 11.8 Å². The SMILES string of the molecule is COc1ccc(N(c2ccc(C=C(c3ccccc3)c3ccccc3)cc2)c2ccc(/C=C/c3ccc(/C=C(\C#N)C(=O)O)cc3)cc2)cc1. The highest BCUT2D eigenvalue weighted by Gasteiger charge is 2.13. The molecule has 50 heavy (non-hydrogen) atoms. The summed E-state index contributed by atoms with van der Waals surface area (Å²) in [5.41, 5.74) is 9.95. The third-order valence-corrected chi connectivity index (χ3v) is 8.18. The summed E-state index contributed by atoms with van der Waals surface area (Å²) in [7, 11) is 1.67. The van der Waals surface area contributed by atoms with Crippen molar-refractivity contribution in [3.63, 3.8) is 0 Å². The Morgan fingerprint density at radius 2 is 0.980 bits per heavy atom. The first-order valence-corrected chi connectivity index (χ1v) is 16.1. The fourth-order valence-corrected chi connectivity index (χ4v) is 5.57. The molecule has 6 rings (SSSR count). The normalized spacial score (nSPS) is 11.1. The quantitative estimate of drug-likeness (QED) is 0.0858. The number of anilines is 3. The summed E-state index contributed by atoms with van der Waals surface area (Å²) in [5, 5.41) is 18.1. The highest BCUT2D eigenvalue weighted by molar-refractivity contribution is 5.96. The summed E-state index contributed by atoms with van der Waals surface area (Å²) >= 11 is 0. The van der Waals surface area contributed by atoms with Crippen LogP contribution in [0.1, 0.15) is 33.4 Å². The fraction of sp³-hybridized carbons (Fsp3) is 0.0222. The minimum absolute atomic E-state index is 0.301. The molecule has 5 nitrogen and oxygen atoms in total. The number of rotatable bonds is 11. The maximum Gasteiger partial charge on any atom is 0.346 e. The van der Waals surface area contributed by atoms with Crippen molar-refractivity contribution in [3.05, 3.63) is 197 Å². The van der Waals surface area contributed by atoms with Gasteiger partial charge in [0.25, 0.3) is 0 Å². The molecule has 1 N–H and O–H groups in total. The van der Waals surface area contributed by atoms with Gasteiger partial charge in [-0.3, -0.25) is 0 Å². The number of nitrogens with zero attached hydrogens (tertiary/aromatic N) is 2. The molecule has 0 saturated carbocycles. The molecule has 0 atom stereocenters. The zero-order valence-corrected chi connectivity index (χ0v) is 27.5. The number of ether oxygens (including phenoxy) is 1. The Kier molecular flexibility index (Phi) is 10.4. The minimum atomic E-state index is -1.24. The van der Waals surface area contributed by atoms with E-state index in [-0.39, 0.29) is 5.57 Å². The maximum absolute atomic E-state index is 11.1. The van der Waals surface area contributed by atoms with Gasteiger partial charge in [0.15, 0.2) is 0 Å². The van der Waals surface area contributed by atoms with Crippen molar-refractivity contribution in [2.45, 2.75) is 0 Å². The summed E-state index contributed by atoms with van der Waals surface area (Å²) in [6.07, 6.45) is 7.62. The lowest BCUT2D eigenvalue weighted by Gasteiger charge is -2.26. The number of aliphatic carboxylic acids is 1. The third kappa shape index (κ3) is 8.14. The van der Waals surface area contributed by atoms with Gasteiger partial charge in [0.1, 0.15) is 17.4 Å². The molecule has 0 aliphatic rings. The van der Waals surface area contributed by atoms with E-state index in [1.807, 2.05) is 48.6 Å². The summed E-state index contributed by atoms with van der Waals surface area (Å²) < 4.78 is 5.43. The number of methoxy groups -OCH3 is 1. The number of hydrogen-bond donors (Lipinski definition) is 1. The zero-order chi connectivity index (χ0) is 34.7. The molecule has 242 valence electrons. The molecule has 0 unspecified atom stereocenters. The van der Waals surface area contributed by atoms with Gasteiger partial charge in [-0.25, -0.2) is 4.79 Å². The van der Waals surface area contributed by atoms with E-state index in [2.05, 4.69) is 120 Å². The largest absolute Gasteiger partial charge is 0.497 e. The van der Waals surface area contributed by atoms with Gasteiger partial charge < -0.3 is 14.7 Å². The Balaban J connectivity index is 1.27. The first kappa shape index (κ1) is 33.0. The van der Waals surface area contributed by atoms with E-state index < -0.39 is 5.97 Å². The Bertz CT molecular complexity index is 2140. The van der Waals surface area contributed by atoms with Crippen LogP contribution in [0.2, 0.25) is 0 Å². The molecule has 0 saturated heterocycles. The highest BCUT2D eigenvalue weighted by Crippen LogP contribution is 2.36. The number of nitriles is 1. The van der Waals surface area contributed by atoms with Crippen molar-refractivity contribution in [2.24, 2.45) is 0 Å². The Morgan fingerprint density at radius 3 is 1.42 bits per heavy atom. The number of benzene rings is 6. The van der Waals surface area contributed by atoms with Crippen LogP contribution < -0.4 is 9.64 Å². The van der Waals surface area contributed by atoms with Gasteiger partial charge in [0.05, 0.1) is 7.11 Å². The molecule has 0 amide bonds. The molecule has 5 heteroatoms. The topological polar surface area (TPSA) is 73.6 Å². The number of carbonyl (C=O) groups is 1. The molecule has 6 aromatic carbocycles. The van der Waals surface area contributed by atoms with Crippen LogP contribution in [0.4, 0.5) is 17.1 Å². The predicted octanol–water partition coefficient (Wildman–Crippen LogP) is 10.9. The summed E-state index contributed by atoms with van der Waals surface area (Å²) in [4.78, 5) is 13.4. The third-order valence-electron chi connectivity index (χ3n) is 8.18. The highest BCUT2D eigenvalue weighted by atomic mass is 16.5. The first-order chi connectivity index (χ1) is 24.5. The molecule has 0 fully saturated rings.